The van der Waals surface area contributed by atoms with Crippen molar-refractivity contribution in [1.82, 2.24) is 10.3 Å². The first-order valence-electron chi connectivity index (χ1n) is 6.41. The van der Waals surface area contributed by atoms with Crippen molar-refractivity contribution in [2.24, 2.45) is 0 Å². The van der Waals surface area contributed by atoms with Gasteiger partial charge >= 0.3 is 0 Å². The third kappa shape index (κ3) is 5.68. The third-order valence-corrected chi connectivity index (χ3v) is 2.63. The molecule has 0 aliphatic rings. The molecule has 0 fully saturated rings. The number of pyridine rings is 1. The van der Waals surface area contributed by atoms with Crippen LogP contribution in [0, 0.1) is 6.92 Å². The van der Waals surface area contributed by atoms with Gasteiger partial charge in [-0.15, -0.1) is 0 Å². The Balaban J connectivity index is 2.25. The summed E-state index contributed by atoms with van der Waals surface area (Å²) in [6.07, 6.45) is 4.23. The van der Waals surface area contributed by atoms with Crippen molar-refractivity contribution in [2.45, 2.75) is 52.7 Å². The molecule has 96 valence electrons. The number of nitrogens with one attached hydrogen (secondary N) is 1. The summed E-state index contributed by atoms with van der Waals surface area (Å²) >= 11 is 0. The van der Waals surface area contributed by atoms with Gasteiger partial charge in [0.2, 0.25) is 0 Å². The first-order valence-corrected chi connectivity index (χ1v) is 6.41. The molecule has 0 aromatic carbocycles. The zero-order chi connectivity index (χ0) is 12.7. The molecule has 0 aliphatic heterocycles. The second-order valence-electron chi connectivity index (χ2n) is 4.77. The quantitative estimate of drug-likeness (QED) is 0.739. The van der Waals surface area contributed by atoms with Gasteiger partial charge in [-0.2, -0.15) is 0 Å². The second-order valence-corrected chi connectivity index (χ2v) is 4.77. The Kier molecular flexibility index (Phi) is 5.98. The number of rotatable bonds is 7. The Bertz CT molecular complexity index is 326. The van der Waals surface area contributed by atoms with E-state index in [0.29, 0.717) is 6.04 Å². The minimum absolute atomic E-state index is 0.242. The largest absolute Gasteiger partial charge is 0.489 e. The van der Waals surface area contributed by atoms with Crippen LogP contribution in [0.5, 0.6) is 5.75 Å². The summed E-state index contributed by atoms with van der Waals surface area (Å²) in [5.41, 5.74) is 0.958. The van der Waals surface area contributed by atoms with E-state index >= 15 is 0 Å². The van der Waals surface area contributed by atoms with Gasteiger partial charge in [0.15, 0.2) is 0 Å². The lowest BCUT2D eigenvalue weighted by molar-refractivity contribution is 0.205. The van der Waals surface area contributed by atoms with Crippen molar-refractivity contribution < 1.29 is 4.74 Å². The van der Waals surface area contributed by atoms with Crippen LogP contribution in [0.3, 0.4) is 0 Å². The summed E-state index contributed by atoms with van der Waals surface area (Å²) in [7, 11) is 0. The van der Waals surface area contributed by atoms with E-state index in [1.807, 2.05) is 19.1 Å². The summed E-state index contributed by atoms with van der Waals surface area (Å²) in [5, 5.41) is 3.41. The Morgan fingerprint density at radius 1 is 1.35 bits per heavy atom. The van der Waals surface area contributed by atoms with Gasteiger partial charge in [-0.25, -0.2) is 0 Å². The summed E-state index contributed by atoms with van der Waals surface area (Å²) < 4.78 is 5.86. The van der Waals surface area contributed by atoms with E-state index in [1.54, 1.807) is 6.20 Å². The molecule has 0 aliphatic carbocycles. The van der Waals surface area contributed by atoms with Crippen molar-refractivity contribution >= 4 is 0 Å². The fourth-order valence-electron chi connectivity index (χ4n) is 1.65. The smallest absolute Gasteiger partial charge is 0.140 e. The Labute approximate surface area is 105 Å². The van der Waals surface area contributed by atoms with Gasteiger partial charge in [-0.1, -0.05) is 13.8 Å². The molecule has 3 heteroatoms. The lowest BCUT2D eigenvalue weighted by Crippen LogP contribution is -2.25. The average Bonchev–Trinajstić information content (AvgIpc) is 2.27. The maximum atomic E-state index is 5.86. The minimum Gasteiger partial charge on any atom is -0.489 e. The van der Waals surface area contributed by atoms with E-state index in [-0.39, 0.29) is 6.10 Å². The molecule has 0 spiro atoms. The van der Waals surface area contributed by atoms with Gasteiger partial charge in [0.05, 0.1) is 11.8 Å². The highest BCUT2D eigenvalue weighted by atomic mass is 16.5. The summed E-state index contributed by atoms with van der Waals surface area (Å²) in [5.74, 6) is 0.900. The van der Waals surface area contributed by atoms with Crippen LogP contribution in [0.25, 0.3) is 0 Å². The van der Waals surface area contributed by atoms with Crippen molar-refractivity contribution in [3.63, 3.8) is 0 Å². The lowest BCUT2D eigenvalue weighted by atomic mass is 10.2. The van der Waals surface area contributed by atoms with Gasteiger partial charge < -0.3 is 10.1 Å². The standard InChI is InChI=1S/C14H24N2O/c1-11(2)15-9-5-7-12(3)17-14-8-6-10-16-13(14)4/h6,8,10-12,15H,5,7,9H2,1-4H3. The predicted molar refractivity (Wildman–Crippen MR) is 71.4 cm³/mol. The van der Waals surface area contributed by atoms with Crippen LogP contribution in [-0.2, 0) is 0 Å². The highest BCUT2D eigenvalue weighted by Crippen LogP contribution is 2.16. The number of ether oxygens (including phenoxy) is 1. The van der Waals surface area contributed by atoms with E-state index in [2.05, 4.69) is 31.1 Å². The molecule has 1 N–H and O–H groups in total. The molecule has 0 saturated carbocycles. The van der Waals surface area contributed by atoms with Gasteiger partial charge in [0.1, 0.15) is 5.75 Å². The van der Waals surface area contributed by atoms with Crippen molar-refractivity contribution in [3.05, 3.63) is 24.0 Å². The fourth-order valence-corrected chi connectivity index (χ4v) is 1.65. The highest BCUT2D eigenvalue weighted by Gasteiger charge is 2.06. The maximum Gasteiger partial charge on any atom is 0.140 e. The molecule has 17 heavy (non-hydrogen) atoms. The lowest BCUT2D eigenvalue weighted by Gasteiger charge is -2.16. The van der Waals surface area contributed by atoms with Gasteiger partial charge in [0.25, 0.3) is 0 Å². The van der Waals surface area contributed by atoms with E-state index < -0.39 is 0 Å². The van der Waals surface area contributed by atoms with E-state index in [9.17, 15) is 0 Å². The van der Waals surface area contributed by atoms with E-state index in [0.717, 1.165) is 30.8 Å². The maximum absolute atomic E-state index is 5.86. The van der Waals surface area contributed by atoms with Crippen LogP contribution < -0.4 is 10.1 Å². The molecule has 0 radical (unpaired) electrons. The molecular formula is C14H24N2O. The van der Waals surface area contributed by atoms with Crippen molar-refractivity contribution in [2.75, 3.05) is 6.54 Å². The monoisotopic (exact) mass is 236 g/mol. The Morgan fingerprint density at radius 2 is 2.12 bits per heavy atom. The number of aromatic nitrogens is 1. The fraction of sp³-hybridized carbons (Fsp3) is 0.643. The van der Waals surface area contributed by atoms with Gasteiger partial charge in [-0.05, 0) is 45.4 Å². The normalized spacial score (nSPS) is 12.8. The molecule has 1 aromatic rings. The van der Waals surface area contributed by atoms with Gasteiger partial charge in [-0.3, -0.25) is 4.98 Å². The van der Waals surface area contributed by atoms with Crippen LogP contribution in [0.4, 0.5) is 0 Å². The zero-order valence-electron chi connectivity index (χ0n) is 11.4. The van der Waals surface area contributed by atoms with Crippen LogP contribution in [0.2, 0.25) is 0 Å². The van der Waals surface area contributed by atoms with Crippen molar-refractivity contribution in [1.29, 1.82) is 0 Å². The van der Waals surface area contributed by atoms with E-state index in [4.69, 9.17) is 4.74 Å². The number of aryl methyl sites for hydroxylation is 1. The molecule has 1 heterocycles. The minimum atomic E-state index is 0.242. The molecule has 1 rings (SSSR count). The number of hydrogen-bond donors (Lipinski definition) is 1. The van der Waals surface area contributed by atoms with Crippen molar-refractivity contribution in [3.8, 4) is 5.75 Å². The molecule has 1 unspecified atom stereocenters. The van der Waals surface area contributed by atoms with Crippen LogP contribution in [0.1, 0.15) is 39.3 Å². The van der Waals surface area contributed by atoms with Gasteiger partial charge in [0, 0.05) is 12.2 Å². The number of nitrogens with zero attached hydrogens (tertiary/aromatic N) is 1. The highest BCUT2D eigenvalue weighted by molar-refractivity contribution is 5.25. The molecule has 0 amide bonds. The van der Waals surface area contributed by atoms with Crippen LogP contribution in [0.15, 0.2) is 18.3 Å². The molecule has 0 bridgehead atoms. The zero-order valence-corrected chi connectivity index (χ0v) is 11.4. The SMILES string of the molecule is Cc1ncccc1OC(C)CCCNC(C)C. The van der Waals surface area contributed by atoms with Crippen LogP contribution >= 0.6 is 0 Å². The first kappa shape index (κ1) is 14.0. The average molecular weight is 236 g/mol. The summed E-state index contributed by atoms with van der Waals surface area (Å²) in [6.45, 7) is 9.47. The molecule has 0 saturated heterocycles. The molecule has 3 nitrogen and oxygen atoms in total. The first-order chi connectivity index (χ1) is 8.09. The molecule has 1 atom stereocenters. The summed E-state index contributed by atoms with van der Waals surface area (Å²) in [6, 6.07) is 4.45. The van der Waals surface area contributed by atoms with Crippen LogP contribution in [-0.4, -0.2) is 23.7 Å². The third-order valence-electron chi connectivity index (χ3n) is 2.63. The topological polar surface area (TPSA) is 34.1 Å². The Morgan fingerprint density at radius 3 is 2.76 bits per heavy atom. The molecule has 1 aromatic heterocycles. The number of hydrogen-bond acceptors (Lipinski definition) is 3. The molecular weight excluding hydrogens is 212 g/mol. The summed E-state index contributed by atoms with van der Waals surface area (Å²) in [4.78, 5) is 4.21. The second kappa shape index (κ2) is 7.28. The Hall–Kier alpha value is -1.09. The predicted octanol–water partition coefficient (Wildman–Crippen LogP) is 2.94. The van der Waals surface area contributed by atoms with E-state index in [1.165, 1.54) is 0 Å².